The highest BCUT2D eigenvalue weighted by Gasteiger charge is 2.36. The number of aromatic nitrogens is 1. The predicted octanol–water partition coefficient (Wildman–Crippen LogP) is 9.30. The largest absolute Gasteiger partial charge is 0.497 e. The lowest BCUT2D eigenvalue weighted by Gasteiger charge is -2.40. The van der Waals surface area contributed by atoms with E-state index in [0.29, 0.717) is 10.8 Å². The first kappa shape index (κ1) is 30.9. The van der Waals surface area contributed by atoms with Crippen LogP contribution in [0.1, 0.15) is 10.8 Å². The molecule has 1 aromatic heterocycles. The van der Waals surface area contributed by atoms with Gasteiger partial charge in [-0.15, -0.1) is 34.9 Å². The highest BCUT2D eigenvalue weighted by atomic mass is 32.2. The second-order valence-corrected chi connectivity index (χ2v) is 14.1. The monoisotopic (exact) mass is 674 g/mol. The van der Waals surface area contributed by atoms with E-state index in [1.54, 1.807) is 18.9 Å². The van der Waals surface area contributed by atoms with Crippen molar-refractivity contribution in [2.24, 2.45) is 0 Å². The minimum atomic E-state index is -0.554. The Morgan fingerprint density at radius 1 is 0.894 bits per heavy atom. The standard InChI is InChI=1S/C37H30N4O3S3/c1-44-27-20-18-24(19-21-27)29-23-45-36(39-29)40-35(42)34(25-10-3-2-4-11-25)46-28-13-9-12-26(22-28)38-37(43)41-30-14-5-7-16-32(30)47-33-17-8-6-15-31(33)41/h2-23,30,32,34H,1H3,(H,38,43)(H,39,40,42). The minimum absolute atomic E-state index is 0.0975. The van der Waals surface area contributed by atoms with E-state index >= 15 is 0 Å². The van der Waals surface area contributed by atoms with E-state index < -0.39 is 5.25 Å². The van der Waals surface area contributed by atoms with Gasteiger partial charge in [0, 0.05) is 26.4 Å². The van der Waals surface area contributed by atoms with E-state index in [1.807, 2.05) is 119 Å². The number of amides is 3. The molecule has 1 aliphatic carbocycles. The lowest BCUT2D eigenvalue weighted by atomic mass is 10.1. The van der Waals surface area contributed by atoms with Crippen molar-refractivity contribution in [1.29, 1.82) is 0 Å². The van der Waals surface area contributed by atoms with E-state index in [9.17, 15) is 9.59 Å². The maximum absolute atomic E-state index is 13.9. The van der Waals surface area contributed by atoms with Crippen LogP contribution in [0.5, 0.6) is 5.75 Å². The lowest BCUT2D eigenvalue weighted by molar-refractivity contribution is -0.115. The van der Waals surface area contributed by atoms with Gasteiger partial charge in [-0.1, -0.05) is 72.8 Å². The number of urea groups is 1. The van der Waals surface area contributed by atoms with Crippen molar-refractivity contribution in [2.45, 2.75) is 26.3 Å². The molecule has 0 fully saturated rings. The highest BCUT2D eigenvalue weighted by molar-refractivity contribution is 8.00. The Morgan fingerprint density at radius 2 is 1.68 bits per heavy atom. The average molecular weight is 675 g/mol. The van der Waals surface area contributed by atoms with Crippen LogP contribution in [0.4, 0.5) is 21.3 Å². The van der Waals surface area contributed by atoms with Crippen LogP contribution >= 0.6 is 34.9 Å². The second-order valence-electron chi connectivity index (χ2n) is 10.8. The smallest absolute Gasteiger partial charge is 0.326 e. The number of nitrogens with zero attached hydrogens (tertiary/aromatic N) is 2. The van der Waals surface area contributed by atoms with Crippen LogP contribution in [-0.2, 0) is 4.79 Å². The summed E-state index contributed by atoms with van der Waals surface area (Å²) in [4.78, 5) is 36.1. The number of ether oxygens (including phenoxy) is 1. The molecule has 2 N–H and O–H groups in total. The fourth-order valence-corrected chi connectivity index (χ4v) is 8.55. The minimum Gasteiger partial charge on any atom is -0.497 e. The molecule has 2 heterocycles. The number of fused-ring (bicyclic) bond motifs is 2. The number of rotatable bonds is 8. The van der Waals surface area contributed by atoms with E-state index in [1.165, 1.54) is 23.1 Å². The Balaban J connectivity index is 1.09. The molecule has 234 valence electrons. The quantitative estimate of drug-likeness (QED) is 0.160. The number of benzene rings is 4. The van der Waals surface area contributed by atoms with Gasteiger partial charge in [0.2, 0.25) is 5.91 Å². The fourth-order valence-electron chi connectivity index (χ4n) is 5.49. The lowest BCUT2D eigenvalue weighted by Crippen LogP contribution is -2.49. The SMILES string of the molecule is COc1ccc(-c2csc(NC(=O)C(Sc3cccc(NC(=O)N4c5ccccc5SC5C=CC=CC54)c3)c3ccccc3)n2)cc1. The maximum atomic E-state index is 13.9. The van der Waals surface area contributed by atoms with Crippen LogP contribution in [0, 0.1) is 0 Å². The number of carbonyl (C=O) groups is 2. The third-order valence-corrected chi connectivity index (χ3v) is 11.1. The van der Waals surface area contributed by atoms with Gasteiger partial charge >= 0.3 is 6.03 Å². The molecule has 4 aromatic carbocycles. The number of anilines is 3. The Bertz CT molecular complexity index is 1960. The van der Waals surface area contributed by atoms with Gasteiger partial charge in [-0.25, -0.2) is 9.78 Å². The molecular formula is C37H30N4O3S3. The van der Waals surface area contributed by atoms with Crippen LogP contribution in [0.15, 0.2) is 143 Å². The summed E-state index contributed by atoms with van der Waals surface area (Å²) in [6.45, 7) is 0. The second kappa shape index (κ2) is 13.9. The molecule has 5 aromatic rings. The normalized spacial score (nSPS) is 16.9. The molecular weight excluding hydrogens is 645 g/mol. The summed E-state index contributed by atoms with van der Waals surface area (Å²) in [6, 6.07) is 32.7. The van der Waals surface area contributed by atoms with Gasteiger partial charge in [-0.05, 0) is 60.2 Å². The van der Waals surface area contributed by atoms with Crippen molar-refractivity contribution in [3.8, 4) is 17.0 Å². The number of para-hydroxylation sites is 1. The zero-order chi connectivity index (χ0) is 32.2. The first-order chi connectivity index (χ1) is 23.1. The molecule has 2 aliphatic rings. The maximum Gasteiger partial charge on any atom is 0.326 e. The van der Waals surface area contributed by atoms with Crippen LogP contribution in [0.2, 0.25) is 0 Å². The molecule has 0 radical (unpaired) electrons. The van der Waals surface area contributed by atoms with Crippen LogP contribution in [0.25, 0.3) is 11.3 Å². The highest BCUT2D eigenvalue weighted by Crippen LogP contribution is 2.44. The van der Waals surface area contributed by atoms with Crippen molar-refractivity contribution in [3.05, 3.63) is 138 Å². The molecule has 47 heavy (non-hydrogen) atoms. The predicted molar refractivity (Wildman–Crippen MR) is 194 cm³/mol. The molecule has 0 saturated heterocycles. The van der Waals surface area contributed by atoms with Gasteiger partial charge in [0.15, 0.2) is 5.13 Å². The fraction of sp³-hybridized carbons (Fsp3) is 0.108. The zero-order valence-electron chi connectivity index (χ0n) is 25.3. The Kier molecular flexibility index (Phi) is 9.14. The number of nitrogens with one attached hydrogen (secondary N) is 2. The van der Waals surface area contributed by atoms with Gasteiger partial charge in [0.25, 0.3) is 0 Å². The molecule has 1 aliphatic heterocycles. The van der Waals surface area contributed by atoms with E-state index in [0.717, 1.165) is 38.0 Å². The van der Waals surface area contributed by atoms with Gasteiger partial charge in [-0.2, -0.15) is 0 Å². The number of carbonyl (C=O) groups excluding carboxylic acids is 2. The number of thiazole rings is 1. The zero-order valence-corrected chi connectivity index (χ0v) is 27.7. The van der Waals surface area contributed by atoms with Crippen molar-refractivity contribution >= 4 is 63.3 Å². The number of methoxy groups -OCH3 is 1. The summed E-state index contributed by atoms with van der Waals surface area (Å²) >= 11 is 4.57. The average Bonchev–Trinajstić information content (AvgIpc) is 3.58. The van der Waals surface area contributed by atoms with Crippen molar-refractivity contribution in [2.75, 3.05) is 22.6 Å². The van der Waals surface area contributed by atoms with Gasteiger partial charge < -0.3 is 15.4 Å². The molecule has 7 nitrogen and oxygen atoms in total. The van der Waals surface area contributed by atoms with Gasteiger partial charge in [0.1, 0.15) is 11.0 Å². The summed E-state index contributed by atoms with van der Waals surface area (Å²) in [5.74, 6) is 0.587. The first-order valence-corrected chi connectivity index (χ1v) is 17.6. The van der Waals surface area contributed by atoms with Crippen LogP contribution < -0.4 is 20.3 Å². The Labute approximate surface area is 285 Å². The summed E-state index contributed by atoms with van der Waals surface area (Å²) < 4.78 is 5.26. The molecule has 10 heteroatoms. The Morgan fingerprint density at radius 3 is 2.51 bits per heavy atom. The molecule has 0 saturated carbocycles. The number of allylic oxidation sites excluding steroid dienone is 2. The van der Waals surface area contributed by atoms with Crippen LogP contribution in [0.3, 0.4) is 0 Å². The van der Waals surface area contributed by atoms with Gasteiger partial charge in [-0.3, -0.25) is 9.69 Å². The molecule has 0 spiro atoms. The third-order valence-electron chi connectivity index (χ3n) is 7.76. The summed E-state index contributed by atoms with van der Waals surface area (Å²) in [7, 11) is 1.63. The van der Waals surface area contributed by atoms with E-state index in [-0.39, 0.29) is 23.2 Å². The summed E-state index contributed by atoms with van der Waals surface area (Å²) in [6.07, 6.45) is 8.24. The molecule has 3 amide bonds. The molecule has 3 unspecified atom stereocenters. The molecule has 3 atom stereocenters. The van der Waals surface area contributed by atoms with Gasteiger partial charge in [0.05, 0.1) is 29.8 Å². The molecule has 0 bridgehead atoms. The summed E-state index contributed by atoms with van der Waals surface area (Å²) in [5, 5.41) is 8.18. The first-order valence-electron chi connectivity index (χ1n) is 15.0. The molecule has 7 rings (SSSR count). The van der Waals surface area contributed by atoms with E-state index in [4.69, 9.17) is 4.74 Å². The Hall–Kier alpha value is -4.77. The topological polar surface area (TPSA) is 83.6 Å². The van der Waals surface area contributed by atoms with E-state index in [2.05, 4.69) is 33.8 Å². The third kappa shape index (κ3) is 6.85. The number of hydrogen-bond donors (Lipinski definition) is 2. The summed E-state index contributed by atoms with van der Waals surface area (Å²) in [5.41, 5.74) is 4.12. The van der Waals surface area contributed by atoms with Crippen LogP contribution in [-0.4, -0.2) is 35.3 Å². The number of hydrogen-bond acceptors (Lipinski definition) is 7. The van der Waals surface area contributed by atoms with Crippen molar-refractivity contribution in [3.63, 3.8) is 0 Å². The van der Waals surface area contributed by atoms with Crippen molar-refractivity contribution < 1.29 is 14.3 Å². The van der Waals surface area contributed by atoms with Crippen molar-refractivity contribution in [1.82, 2.24) is 4.98 Å². The number of thioether (sulfide) groups is 2.